The summed E-state index contributed by atoms with van der Waals surface area (Å²) in [4.78, 5) is 39.8. The van der Waals surface area contributed by atoms with E-state index < -0.39 is 17.9 Å². The number of nitrogens with one attached hydrogen (secondary N) is 2. The summed E-state index contributed by atoms with van der Waals surface area (Å²) in [6.07, 6.45) is 2.01. The highest BCUT2D eigenvalue weighted by molar-refractivity contribution is 5.97. The van der Waals surface area contributed by atoms with Gasteiger partial charge in [0.25, 0.3) is 11.8 Å². The highest BCUT2D eigenvalue weighted by Crippen LogP contribution is 2.29. The van der Waals surface area contributed by atoms with E-state index in [0.29, 0.717) is 35.6 Å². The van der Waals surface area contributed by atoms with Crippen molar-refractivity contribution in [2.24, 2.45) is 0 Å². The minimum atomic E-state index is -0.819. The van der Waals surface area contributed by atoms with Gasteiger partial charge in [-0.15, -0.1) is 0 Å². The third-order valence-electron chi connectivity index (χ3n) is 5.12. The lowest BCUT2D eigenvalue weighted by atomic mass is 10.0. The molecule has 1 saturated heterocycles. The molecule has 8 nitrogen and oxygen atoms in total. The smallest absolute Gasteiger partial charge is 0.269 e. The molecule has 2 N–H and O–H groups in total. The zero-order valence-corrected chi connectivity index (χ0v) is 18.6. The van der Waals surface area contributed by atoms with Crippen LogP contribution >= 0.6 is 0 Å². The Morgan fingerprint density at radius 2 is 1.75 bits per heavy atom. The number of nitrogens with zero attached hydrogens (tertiary/aromatic N) is 1. The monoisotopic (exact) mass is 439 g/mol. The Labute approximate surface area is 187 Å². The summed E-state index contributed by atoms with van der Waals surface area (Å²) in [6.45, 7) is 4.28. The maximum atomic E-state index is 13.1. The summed E-state index contributed by atoms with van der Waals surface area (Å²) in [5.74, 6) is -0.122. The largest absolute Gasteiger partial charge is 0.493 e. The van der Waals surface area contributed by atoms with Crippen LogP contribution in [0.5, 0.6) is 11.5 Å². The van der Waals surface area contributed by atoms with Gasteiger partial charge in [0.1, 0.15) is 6.04 Å². The topological polar surface area (TPSA) is 97.0 Å². The van der Waals surface area contributed by atoms with E-state index in [2.05, 4.69) is 10.9 Å². The maximum absolute atomic E-state index is 13.1. The Morgan fingerprint density at radius 3 is 2.41 bits per heavy atom. The van der Waals surface area contributed by atoms with Crippen molar-refractivity contribution in [1.29, 1.82) is 0 Å². The highest BCUT2D eigenvalue weighted by atomic mass is 16.5. The Morgan fingerprint density at radius 1 is 1.00 bits per heavy atom. The zero-order chi connectivity index (χ0) is 23.1. The summed E-state index contributed by atoms with van der Waals surface area (Å²) in [7, 11) is 1.49. The van der Waals surface area contributed by atoms with Crippen molar-refractivity contribution in [3.05, 3.63) is 59.7 Å². The van der Waals surface area contributed by atoms with Gasteiger partial charge in [-0.05, 0) is 50.5 Å². The van der Waals surface area contributed by atoms with Crippen molar-refractivity contribution >= 4 is 17.7 Å². The van der Waals surface area contributed by atoms with Gasteiger partial charge in [-0.1, -0.05) is 30.3 Å². The molecular weight excluding hydrogens is 410 g/mol. The molecule has 1 fully saturated rings. The molecule has 0 aromatic heterocycles. The van der Waals surface area contributed by atoms with Gasteiger partial charge in [0.15, 0.2) is 11.5 Å². The summed E-state index contributed by atoms with van der Waals surface area (Å²) < 4.78 is 11.0. The number of hydrogen-bond donors (Lipinski definition) is 2. The molecule has 2 aromatic carbocycles. The maximum Gasteiger partial charge on any atom is 0.269 e. The van der Waals surface area contributed by atoms with Crippen LogP contribution in [0.2, 0.25) is 0 Å². The number of carbonyl (C=O) groups is 3. The van der Waals surface area contributed by atoms with Gasteiger partial charge in [0, 0.05) is 18.5 Å². The van der Waals surface area contributed by atoms with E-state index in [9.17, 15) is 14.4 Å². The number of benzene rings is 2. The summed E-state index contributed by atoms with van der Waals surface area (Å²) >= 11 is 0. The van der Waals surface area contributed by atoms with Crippen LogP contribution in [0.15, 0.2) is 48.5 Å². The average molecular weight is 440 g/mol. The molecule has 1 aliphatic heterocycles. The minimum Gasteiger partial charge on any atom is -0.493 e. The molecule has 0 spiro atoms. The van der Waals surface area contributed by atoms with Gasteiger partial charge in [-0.3, -0.25) is 25.2 Å². The van der Waals surface area contributed by atoms with E-state index >= 15 is 0 Å². The fourth-order valence-electron chi connectivity index (χ4n) is 3.63. The van der Waals surface area contributed by atoms with Gasteiger partial charge < -0.3 is 14.4 Å². The van der Waals surface area contributed by atoms with E-state index in [0.717, 1.165) is 12.8 Å². The number of rotatable bonds is 7. The Hall–Kier alpha value is -3.55. The molecule has 1 heterocycles. The number of likely N-dealkylation sites (tertiary alicyclic amines) is 1. The predicted octanol–water partition coefficient (Wildman–Crippen LogP) is 3.00. The first-order valence-electron chi connectivity index (χ1n) is 10.7. The predicted molar refractivity (Wildman–Crippen MR) is 119 cm³/mol. The van der Waals surface area contributed by atoms with E-state index in [1.807, 2.05) is 32.0 Å². The third kappa shape index (κ3) is 5.57. The lowest BCUT2D eigenvalue weighted by Gasteiger charge is -2.34. The molecule has 0 aliphatic carbocycles. The van der Waals surface area contributed by atoms with Crippen LogP contribution in [0.1, 0.15) is 55.1 Å². The van der Waals surface area contributed by atoms with Gasteiger partial charge in [-0.2, -0.15) is 0 Å². The molecule has 3 amide bonds. The third-order valence-corrected chi connectivity index (χ3v) is 5.12. The quantitative estimate of drug-likeness (QED) is 0.647. The van der Waals surface area contributed by atoms with Crippen LogP contribution in [0.4, 0.5) is 0 Å². The molecule has 0 radical (unpaired) electrons. The second kappa shape index (κ2) is 10.7. The van der Waals surface area contributed by atoms with Crippen LogP contribution in [0, 0.1) is 0 Å². The highest BCUT2D eigenvalue weighted by Gasteiger charge is 2.32. The standard InChI is InChI=1S/C24H29N3O5/c1-16(2)32-19-13-12-18(15-20(19)31-3)23(29)25-26-24(30)22(17-9-5-4-6-10-17)27-14-8-7-11-21(27)28/h4-6,9-10,12-13,15-16,22H,7-8,11,14H2,1-3H3,(H,25,29)(H,26,30). The Bertz CT molecular complexity index is 961. The first kappa shape index (κ1) is 23.1. The number of hydrazine groups is 1. The van der Waals surface area contributed by atoms with E-state index in [1.165, 1.54) is 7.11 Å². The molecule has 0 bridgehead atoms. The normalized spacial score (nSPS) is 14.6. The lowest BCUT2D eigenvalue weighted by Crippen LogP contribution is -2.50. The molecular formula is C24H29N3O5. The molecule has 8 heteroatoms. The number of methoxy groups -OCH3 is 1. The SMILES string of the molecule is COc1cc(C(=O)NNC(=O)C(c2ccccc2)N2CCCCC2=O)ccc1OC(C)C. The molecule has 170 valence electrons. The van der Waals surface area contributed by atoms with Crippen LogP contribution in [-0.2, 0) is 9.59 Å². The second-order valence-corrected chi connectivity index (χ2v) is 7.83. The number of ether oxygens (including phenoxy) is 2. The fraction of sp³-hybridized carbons (Fsp3) is 0.375. The molecule has 1 unspecified atom stereocenters. The van der Waals surface area contributed by atoms with Crippen LogP contribution in [0.3, 0.4) is 0 Å². The van der Waals surface area contributed by atoms with Gasteiger partial charge in [0.2, 0.25) is 5.91 Å². The van der Waals surface area contributed by atoms with Crippen molar-refractivity contribution in [2.45, 2.75) is 45.3 Å². The average Bonchev–Trinajstić information content (AvgIpc) is 2.79. The Balaban J connectivity index is 1.73. The summed E-state index contributed by atoms with van der Waals surface area (Å²) in [6, 6.07) is 13.0. The van der Waals surface area contributed by atoms with Crippen LogP contribution in [0.25, 0.3) is 0 Å². The number of hydrogen-bond acceptors (Lipinski definition) is 5. The summed E-state index contributed by atoms with van der Waals surface area (Å²) in [5, 5.41) is 0. The lowest BCUT2D eigenvalue weighted by molar-refractivity contribution is -0.143. The van der Waals surface area contributed by atoms with Crippen LogP contribution < -0.4 is 20.3 Å². The zero-order valence-electron chi connectivity index (χ0n) is 18.6. The molecule has 32 heavy (non-hydrogen) atoms. The van der Waals surface area contributed by atoms with E-state index in [4.69, 9.17) is 9.47 Å². The second-order valence-electron chi connectivity index (χ2n) is 7.83. The van der Waals surface area contributed by atoms with Crippen molar-refractivity contribution in [1.82, 2.24) is 15.8 Å². The van der Waals surface area contributed by atoms with Crippen molar-refractivity contribution in [3.8, 4) is 11.5 Å². The molecule has 1 atom stereocenters. The van der Waals surface area contributed by atoms with Crippen molar-refractivity contribution in [2.75, 3.05) is 13.7 Å². The first-order chi connectivity index (χ1) is 15.4. The van der Waals surface area contributed by atoms with Crippen molar-refractivity contribution < 1.29 is 23.9 Å². The first-order valence-corrected chi connectivity index (χ1v) is 10.7. The van der Waals surface area contributed by atoms with Gasteiger partial charge in [0.05, 0.1) is 13.2 Å². The number of amides is 3. The van der Waals surface area contributed by atoms with Crippen molar-refractivity contribution in [3.63, 3.8) is 0 Å². The van der Waals surface area contributed by atoms with Gasteiger partial charge >= 0.3 is 0 Å². The fourth-order valence-corrected chi connectivity index (χ4v) is 3.63. The van der Waals surface area contributed by atoms with Gasteiger partial charge in [-0.25, -0.2) is 0 Å². The molecule has 0 saturated carbocycles. The molecule has 1 aliphatic rings. The van der Waals surface area contributed by atoms with Crippen LogP contribution in [-0.4, -0.2) is 42.4 Å². The summed E-state index contributed by atoms with van der Waals surface area (Å²) in [5.41, 5.74) is 5.90. The molecule has 3 rings (SSSR count). The Kier molecular flexibility index (Phi) is 7.70. The number of carbonyl (C=O) groups excluding carboxylic acids is 3. The molecule has 2 aromatic rings. The van der Waals surface area contributed by atoms with E-state index in [1.54, 1.807) is 35.2 Å². The minimum absolute atomic E-state index is 0.0460. The van der Waals surface area contributed by atoms with E-state index in [-0.39, 0.29) is 12.0 Å². The number of piperidine rings is 1.